The van der Waals surface area contributed by atoms with Crippen LogP contribution < -0.4 is 5.56 Å². The molecule has 3 atom stereocenters. The summed E-state index contributed by atoms with van der Waals surface area (Å²) in [6, 6.07) is 4.95. The Morgan fingerprint density at radius 3 is 2.64 bits per heavy atom. The molecule has 0 unspecified atom stereocenters. The zero-order valence-corrected chi connectivity index (χ0v) is 16.4. The second kappa shape index (κ2) is 8.07. The first kappa shape index (κ1) is 19.2. The number of carbonyl (C=O) groups excluding carboxylic acids is 2. The normalized spacial score (nSPS) is 28.0. The van der Waals surface area contributed by atoms with Gasteiger partial charge in [-0.25, -0.2) is 0 Å². The van der Waals surface area contributed by atoms with E-state index >= 15 is 0 Å². The van der Waals surface area contributed by atoms with Crippen LogP contribution in [0.1, 0.15) is 42.6 Å². The van der Waals surface area contributed by atoms with Gasteiger partial charge in [-0.2, -0.15) is 0 Å². The van der Waals surface area contributed by atoms with Crippen LogP contribution in [0.2, 0.25) is 0 Å². The fraction of sp³-hybridized carbons (Fsp3) is 0.667. The van der Waals surface area contributed by atoms with Crippen molar-refractivity contribution < 1.29 is 14.3 Å². The fourth-order valence-electron chi connectivity index (χ4n) is 5.11. The lowest BCUT2D eigenvalue weighted by Gasteiger charge is -2.34. The number of fused-ring (bicyclic) bond motifs is 1. The molecule has 1 saturated carbocycles. The van der Waals surface area contributed by atoms with Crippen molar-refractivity contribution in [3.8, 4) is 0 Å². The van der Waals surface area contributed by atoms with Gasteiger partial charge < -0.3 is 19.5 Å². The number of ether oxygens (including phenoxy) is 1. The summed E-state index contributed by atoms with van der Waals surface area (Å²) >= 11 is 0. The number of hydrogen-bond donors (Lipinski definition) is 1. The Hall–Kier alpha value is -2.15. The average Bonchev–Trinajstić information content (AvgIpc) is 3.16. The van der Waals surface area contributed by atoms with Crippen molar-refractivity contribution in [1.29, 1.82) is 0 Å². The highest BCUT2D eigenvalue weighted by Crippen LogP contribution is 2.40. The van der Waals surface area contributed by atoms with E-state index in [9.17, 15) is 14.4 Å². The largest absolute Gasteiger partial charge is 0.381 e. The number of hydrogen-bond acceptors (Lipinski definition) is 4. The quantitative estimate of drug-likeness (QED) is 0.852. The van der Waals surface area contributed by atoms with Crippen LogP contribution in [0.25, 0.3) is 0 Å². The zero-order chi connectivity index (χ0) is 19.7. The Kier molecular flexibility index (Phi) is 5.53. The molecule has 4 rings (SSSR count). The molecule has 0 bridgehead atoms. The highest BCUT2D eigenvalue weighted by Gasteiger charge is 2.42. The van der Waals surface area contributed by atoms with E-state index in [-0.39, 0.29) is 29.3 Å². The Morgan fingerprint density at radius 2 is 1.89 bits per heavy atom. The summed E-state index contributed by atoms with van der Waals surface area (Å²) < 4.78 is 5.38. The Morgan fingerprint density at radius 1 is 1.14 bits per heavy atom. The first-order valence-electron chi connectivity index (χ1n) is 10.4. The molecule has 0 radical (unpaired) electrons. The van der Waals surface area contributed by atoms with Crippen molar-refractivity contribution in [2.75, 3.05) is 33.4 Å². The van der Waals surface area contributed by atoms with E-state index in [0.717, 1.165) is 32.1 Å². The lowest BCUT2D eigenvalue weighted by atomic mass is 9.88. The molecule has 1 aromatic heterocycles. The van der Waals surface area contributed by atoms with Crippen LogP contribution in [0, 0.1) is 17.8 Å². The number of aromatic amines is 1. The monoisotopic (exact) mass is 387 g/mol. The van der Waals surface area contributed by atoms with Crippen LogP contribution >= 0.6 is 0 Å². The van der Waals surface area contributed by atoms with E-state index < -0.39 is 0 Å². The Labute approximate surface area is 165 Å². The molecular formula is C21H29N3O4. The summed E-state index contributed by atoms with van der Waals surface area (Å²) in [4.78, 5) is 43.6. The van der Waals surface area contributed by atoms with Gasteiger partial charge in [0.05, 0.1) is 0 Å². The molecule has 2 aliphatic heterocycles. The van der Waals surface area contributed by atoms with Crippen molar-refractivity contribution >= 4 is 11.8 Å². The average molecular weight is 387 g/mol. The molecule has 28 heavy (non-hydrogen) atoms. The third-order valence-electron chi connectivity index (χ3n) is 6.79. The third-order valence-corrected chi connectivity index (χ3v) is 6.79. The number of nitrogens with zero attached hydrogens (tertiary/aromatic N) is 2. The minimum atomic E-state index is -0.255. The molecule has 1 aliphatic carbocycles. The van der Waals surface area contributed by atoms with Gasteiger partial charge in [-0.05, 0) is 50.0 Å². The van der Waals surface area contributed by atoms with Gasteiger partial charge in [-0.1, -0.05) is 6.07 Å². The molecule has 3 aliphatic rings. The minimum Gasteiger partial charge on any atom is -0.381 e. The SMILES string of the molecule is CN(C(=O)C1CCOCC1)[C@H]1C[C@H]2CCN(C(=O)c3cccc(=O)[nH]3)C[C@H]2C1. The molecule has 1 aromatic rings. The van der Waals surface area contributed by atoms with E-state index in [1.165, 1.54) is 6.07 Å². The first-order valence-corrected chi connectivity index (χ1v) is 10.4. The number of rotatable bonds is 3. The predicted octanol–water partition coefficient (Wildman–Crippen LogP) is 1.50. The second-order valence-corrected chi connectivity index (χ2v) is 8.45. The van der Waals surface area contributed by atoms with Crippen LogP contribution in [0.5, 0.6) is 0 Å². The number of carbonyl (C=O) groups is 2. The summed E-state index contributed by atoms with van der Waals surface area (Å²) in [5, 5.41) is 0. The molecule has 0 aromatic carbocycles. The van der Waals surface area contributed by atoms with Crippen molar-refractivity contribution in [1.82, 2.24) is 14.8 Å². The van der Waals surface area contributed by atoms with Gasteiger partial charge >= 0.3 is 0 Å². The maximum atomic E-state index is 12.9. The number of likely N-dealkylation sites (tertiary alicyclic amines) is 1. The first-order chi connectivity index (χ1) is 13.5. The molecule has 2 amide bonds. The van der Waals surface area contributed by atoms with E-state index in [0.29, 0.717) is 43.8 Å². The Balaban J connectivity index is 1.37. The molecule has 3 fully saturated rings. The summed E-state index contributed by atoms with van der Waals surface area (Å²) in [5.74, 6) is 1.22. The maximum Gasteiger partial charge on any atom is 0.270 e. The van der Waals surface area contributed by atoms with E-state index in [2.05, 4.69) is 4.98 Å². The van der Waals surface area contributed by atoms with Crippen LogP contribution in [-0.4, -0.2) is 66.0 Å². The van der Waals surface area contributed by atoms with Crippen molar-refractivity contribution in [2.24, 2.45) is 17.8 Å². The van der Waals surface area contributed by atoms with E-state index in [4.69, 9.17) is 4.74 Å². The standard InChI is InChI=1S/C21H29N3O4/c1-23(20(26)14-6-9-28-10-7-14)17-11-15-5-8-24(13-16(15)12-17)21(27)18-3-2-4-19(25)22-18/h2-4,14-17H,5-13H2,1H3,(H,22,25)/t15-,16-,17+/m1/s1. The summed E-state index contributed by atoms with van der Waals surface area (Å²) in [5.41, 5.74) is 0.0993. The predicted molar refractivity (Wildman–Crippen MR) is 104 cm³/mol. The molecule has 7 nitrogen and oxygen atoms in total. The smallest absolute Gasteiger partial charge is 0.270 e. The number of pyridine rings is 1. The van der Waals surface area contributed by atoms with Crippen molar-refractivity contribution in [3.05, 3.63) is 34.2 Å². The molecule has 7 heteroatoms. The third kappa shape index (κ3) is 3.85. The number of amides is 2. The van der Waals surface area contributed by atoms with Crippen LogP contribution in [0.15, 0.2) is 23.0 Å². The highest BCUT2D eigenvalue weighted by atomic mass is 16.5. The molecule has 3 heterocycles. The van der Waals surface area contributed by atoms with Crippen LogP contribution in [0.3, 0.4) is 0 Å². The molecular weight excluding hydrogens is 358 g/mol. The maximum absolute atomic E-state index is 12.9. The van der Waals surface area contributed by atoms with Gasteiger partial charge in [-0.15, -0.1) is 0 Å². The number of nitrogens with one attached hydrogen (secondary N) is 1. The molecule has 152 valence electrons. The van der Waals surface area contributed by atoms with Crippen molar-refractivity contribution in [3.63, 3.8) is 0 Å². The summed E-state index contributed by atoms with van der Waals surface area (Å²) in [7, 11) is 1.94. The lowest BCUT2D eigenvalue weighted by Crippen LogP contribution is -2.43. The lowest BCUT2D eigenvalue weighted by molar-refractivity contribution is -0.139. The molecule has 1 N–H and O–H groups in total. The zero-order valence-electron chi connectivity index (χ0n) is 16.4. The van der Waals surface area contributed by atoms with Gasteiger partial charge in [0.2, 0.25) is 11.5 Å². The highest BCUT2D eigenvalue weighted by molar-refractivity contribution is 5.92. The van der Waals surface area contributed by atoms with E-state index in [1.807, 2.05) is 16.8 Å². The van der Waals surface area contributed by atoms with Crippen LogP contribution in [-0.2, 0) is 9.53 Å². The second-order valence-electron chi connectivity index (χ2n) is 8.45. The van der Waals surface area contributed by atoms with Gasteiger partial charge in [0.15, 0.2) is 0 Å². The van der Waals surface area contributed by atoms with Gasteiger partial charge in [0.1, 0.15) is 5.69 Å². The Bertz CT molecular complexity index is 786. The molecule has 2 saturated heterocycles. The van der Waals surface area contributed by atoms with Crippen LogP contribution in [0.4, 0.5) is 0 Å². The number of aromatic nitrogens is 1. The minimum absolute atomic E-state index is 0.0920. The number of H-pyrrole nitrogens is 1. The van der Waals surface area contributed by atoms with Gasteiger partial charge in [-0.3, -0.25) is 14.4 Å². The fourth-order valence-corrected chi connectivity index (χ4v) is 5.11. The topological polar surface area (TPSA) is 82.7 Å². The molecule has 0 spiro atoms. The summed E-state index contributed by atoms with van der Waals surface area (Å²) in [6.07, 6.45) is 4.58. The number of piperidine rings is 1. The summed E-state index contributed by atoms with van der Waals surface area (Å²) in [6.45, 7) is 2.77. The van der Waals surface area contributed by atoms with E-state index in [1.54, 1.807) is 12.1 Å². The van der Waals surface area contributed by atoms with Gasteiger partial charge in [0.25, 0.3) is 5.91 Å². The van der Waals surface area contributed by atoms with Crippen molar-refractivity contribution in [2.45, 2.75) is 38.1 Å². The van der Waals surface area contributed by atoms with Gasteiger partial charge in [0, 0.05) is 51.4 Å².